The van der Waals surface area contributed by atoms with E-state index in [0.29, 0.717) is 5.92 Å². The molecule has 1 saturated heterocycles. The van der Waals surface area contributed by atoms with Crippen molar-refractivity contribution in [1.82, 2.24) is 15.1 Å². The lowest BCUT2D eigenvalue weighted by molar-refractivity contribution is 0.181. The Hall–Kier alpha value is -2.80. The number of para-hydroxylation sites is 2. The number of urea groups is 1. The number of methoxy groups -OCH3 is 1. The van der Waals surface area contributed by atoms with Gasteiger partial charge in [0.05, 0.1) is 12.8 Å². The molecule has 0 bridgehead atoms. The van der Waals surface area contributed by atoms with E-state index in [2.05, 4.69) is 27.2 Å². The van der Waals surface area contributed by atoms with E-state index in [-0.39, 0.29) is 23.8 Å². The molecular weight excluding hydrogens is 467 g/mol. The average molecular weight is 511 g/mol. The van der Waals surface area contributed by atoms with Crippen LogP contribution in [0.5, 0.6) is 5.75 Å². The predicted molar refractivity (Wildman–Crippen MR) is 148 cm³/mol. The highest BCUT2D eigenvalue weighted by atomic mass is 19.1. The first-order valence-electron chi connectivity index (χ1n) is 13.8. The standard InChI is InChI=1S/C30H43FN4O2/c1-33(2)30(36)32-29(23-11-5-4-6-12-23)25(24-13-7-8-14-26(24)31)17-18-34-19-21-35(22-20-34)27-15-9-10-16-28(27)37-3/h7-10,13-16,23,25,29H,4-6,11-12,17-22H2,1-3H3,(H,32,36). The first-order valence-corrected chi connectivity index (χ1v) is 13.8. The quantitative estimate of drug-likeness (QED) is 0.494. The zero-order valence-electron chi connectivity index (χ0n) is 22.7. The van der Waals surface area contributed by atoms with Crippen molar-refractivity contribution in [1.29, 1.82) is 0 Å². The fraction of sp³-hybridized carbons (Fsp3) is 0.567. The molecule has 2 aliphatic rings. The van der Waals surface area contributed by atoms with Gasteiger partial charge in [-0.3, -0.25) is 4.90 Å². The first-order chi connectivity index (χ1) is 18.0. The van der Waals surface area contributed by atoms with Gasteiger partial charge in [0.1, 0.15) is 11.6 Å². The van der Waals surface area contributed by atoms with Crippen LogP contribution >= 0.6 is 0 Å². The molecule has 7 heteroatoms. The molecule has 1 heterocycles. The fourth-order valence-electron chi connectivity index (χ4n) is 6.04. The Morgan fingerprint density at radius 1 is 1.03 bits per heavy atom. The summed E-state index contributed by atoms with van der Waals surface area (Å²) in [6.45, 7) is 4.61. The van der Waals surface area contributed by atoms with Gasteiger partial charge in [0, 0.05) is 52.2 Å². The fourth-order valence-corrected chi connectivity index (χ4v) is 6.04. The van der Waals surface area contributed by atoms with Crippen molar-refractivity contribution in [2.75, 3.05) is 58.8 Å². The van der Waals surface area contributed by atoms with Crippen LogP contribution < -0.4 is 15.0 Å². The molecular formula is C30H43FN4O2. The summed E-state index contributed by atoms with van der Waals surface area (Å²) in [5.41, 5.74) is 1.86. The van der Waals surface area contributed by atoms with Crippen LogP contribution in [0.2, 0.25) is 0 Å². The average Bonchev–Trinajstić information content (AvgIpc) is 2.94. The molecule has 2 unspecified atom stereocenters. The summed E-state index contributed by atoms with van der Waals surface area (Å²) in [5.74, 6) is 1.03. The third kappa shape index (κ3) is 6.95. The molecule has 1 aliphatic heterocycles. The number of carbonyl (C=O) groups is 1. The topological polar surface area (TPSA) is 48.1 Å². The van der Waals surface area contributed by atoms with Crippen molar-refractivity contribution in [2.45, 2.75) is 50.5 Å². The molecule has 1 aliphatic carbocycles. The van der Waals surface area contributed by atoms with Gasteiger partial charge in [0.25, 0.3) is 0 Å². The van der Waals surface area contributed by atoms with Crippen LogP contribution in [0.1, 0.15) is 50.0 Å². The molecule has 4 rings (SSSR count). The Bertz CT molecular complexity index is 1000. The maximum Gasteiger partial charge on any atom is 0.317 e. The second-order valence-electron chi connectivity index (χ2n) is 10.7. The van der Waals surface area contributed by atoms with Gasteiger partial charge in [-0.2, -0.15) is 0 Å². The van der Waals surface area contributed by atoms with E-state index >= 15 is 4.39 Å². The minimum absolute atomic E-state index is 0.0690. The Labute approximate surface area is 221 Å². The smallest absolute Gasteiger partial charge is 0.317 e. The van der Waals surface area contributed by atoms with Crippen molar-refractivity contribution < 1.29 is 13.9 Å². The van der Waals surface area contributed by atoms with E-state index in [9.17, 15) is 4.79 Å². The van der Waals surface area contributed by atoms with Crippen LogP contribution in [0.15, 0.2) is 48.5 Å². The van der Waals surface area contributed by atoms with Gasteiger partial charge < -0.3 is 19.9 Å². The van der Waals surface area contributed by atoms with Crippen molar-refractivity contribution in [3.8, 4) is 5.75 Å². The lowest BCUT2D eigenvalue weighted by Crippen LogP contribution is -2.50. The molecule has 2 fully saturated rings. The molecule has 0 radical (unpaired) electrons. The first kappa shape index (κ1) is 27.2. The molecule has 0 aromatic heterocycles. The Morgan fingerprint density at radius 2 is 1.70 bits per heavy atom. The number of amides is 2. The minimum Gasteiger partial charge on any atom is -0.495 e. The van der Waals surface area contributed by atoms with Gasteiger partial charge in [-0.25, -0.2) is 9.18 Å². The predicted octanol–water partition coefficient (Wildman–Crippen LogP) is 5.35. The van der Waals surface area contributed by atoms with Gasteiger partial charge in [0.2, 0.25) is 0 Å². The van der Waals surface area contributed by atoms with Crippen LogP contribution in [-0.2, 0) is 0 Å². The number of benzene rings is 2. The Balaban J connectivity index is 1.48. The minimum atomic E-state index is -0.173. The Morgan fingerprint density at radius 3 is 2.38 bits per heavy atom. The molecule has 2 aromatic carbocycles. The molecule has 37 heavy (non-hydrogen) atoms. The van der Waals surface area contributed by atoms with Crippen LogP contribution in [0.25, 0.3) is 0 Å². The third-order valence-corrected chi connectivity index (χ3v) is 8.15. The number of hydrogen-bond donors (Lipinski definition) is 1. The van der Waals surface area contributed by atoms with Crippen molar-refractivity contribution in [2.24, 2.45) is 5.92 Å². The lowest BCUT2D eigenvalue weighted by atomic mass is 9.75. The SMILES string of the molecule is COc1ccccc1N1CCN(CCC(c2ccccc2F)C(NC(=O)N(C)C)C2CCCCC2)CC1. The summed E-state index contributed by atoms with van der Waals surface area (Å²) < 4.78 is 20.8. The summed E-state index contributed by atoms with van der Waals surface area (Å²) in [6.07, 6.45) is 6.57. The summed E-state index contributed by atoms with van der Waals surface area (Å²) in [4.78, 5) is 19.3. The molecule has 0 spiro atoms. The van der Waals surface area contributed by atoms with Gasteiger partial charge >= 0.3 is 6.03 Å². The zero-order valence-corrected chi connectivity index (χ0v) is 22.7. The van der Waals surface area contributed by atoms with Crippen molar-refractivity contribution in [3.05, 3.63) is 59.9 Å². The third-order valence-electron chi connectivity index (χ3n) is 8.15. The summed E-state index contributed by atoms with van der Waals surface area (Å²) in [6, 6.07) is 15.1. The largest absolute Gasteiger partial charge is 0.495 e. The summed E-state index contributed by atoms with van der Waals surface area (Å²) in [7, 11) is 5.26. The van der Waals surface area contributed by atoms with Crippen LogP contribution in [0.4, 0.5) is 14.9 Å². The van der Waals surface area contributed by atoms with Gasteiger partial charge in [-0.15, -0.1) is 0 Å². The molecule has 6 nitrogen and oxygen atoms in total. The highest BCUT2D eigenvalue weighted by Crippen LogP contribution is 2.37. The number of nitrogens with one attached hydrogen (secondary N) is 1. The number of carbonyl (C=O) groups excluding carboxylic acids is 1. The van der Waals surface area contributed by atoms with E-state index in [1.807, 2.05) is 24.3 Å². The number of rotatable bonds is 9. The van der Waals surface area contributed by atoms with E-state index < -0.39 is 0 Å². The van der Waals surface area contributed by atoms with E-state index in [0.717, 1.165) is 69.0 Å². The highest BCUT2D eigenvalue weighted by molar-refractivity contribution is 5.74. The lowest BCUT2D eigenvalue weighted by Gasteiger charge is -2.40. The van der Waals surface area contributed by atoms with E-state index in [1.54, 1.807) is 38.2 Å². The molecule has 2 amide bonds. The molecule has 2 atom stereocenters. The van der Waals surface area contributed by atoms with Gasteiger partial charge in [0.15, 0.2) is 0 Å². The zero-order chi connectivity index (χ0) is 26.2. The maximum atomic E-state index is 15.2. The molecule has 2 aromatic rings. The number of piperazine rings is 1. The molecule has 1 saturated carbocycles. The van der Waals surface area contributed by atoms with Crippen molar-refractivity contribution >= 4 is 11.7 Å². The molecule has 202 valence electrons. The van der Waals surface area contributed by atoms with Crippen LogP contribution in [-0.4, -0.2) is 75.8 Å². The Kier molecular flexibility index (Phi) is 9.67. The van der Waals surface area contributed by atoms with E-state index in [1.165, 1.54) is 19.3 Å². The van der Waals surface area contributed by atoms with Crippen molar-refractivity contribution in [3.63, 3.8) is 0 Å². The summed E-state index contributed by atoms with van der Waals surface area (Å²) in [5, 5.41) is 3.32. The molecule has 1 N–H and O–H groups in total. The van der Waals surface area contributed by atoms with Crippen LogP contribution in [0.3, 0.4) is 0 Å². The second-order valence-corrected chi connectivity index (χ2v) is 10.7. The number of ether oxygens (including phenoxy) is 1. The maximum absolute atomic E-state index is 15.2. The number of halogens is 1. The van der Waals surface area contributed by atoms with Gasteiger partial charge in [-0.05, 0) is 55.5 Å². The van der Waals surface area contributed by atoms with Crippen LogP contribution in [0, 0.1) is 11.7 Å². The number of hydrogen-bond acceptors (Lipinski definition) is 4. The monoisotopic (exact) mass is 510 g/mol. The second kappa shape index (κ2) is 13.1. The number of nitrogens with zero attached hydrogens (tertiary/aromatic N) is 3. The highest BCUT2D eigenvalue weighted by Gasteiger charge is 2.35. The summed E-state index contributed by atoms with van der Waals surface area (Å²) >= 11 is 0. The number of anilines is 1. The normalized spacial score (nSPS) is 18.8. The van der Waals surface area contributed by atoms with Gasteiger partial charge in [-0.1, -0.05) is 49.6 Å². The van der Waals surface area contributed by atoms with E-state index in [4.69, 9.17) is 4.74 Å².